The van der Waals surface area contributed by atoms with Gasteiger partial charge in [-0.15, -0.1) is 0 Å². The van der Waals surface area contributed by atoms with Gasteiger partial charge in [-0.3, -0.25) is 4.79 Å². The molecule has 1 amide bonds. The maximum Gasteiger partial charge on any atom is 0.335 e. The molecule has 0 heterocycles. The lowest BCUT2D eigenvalue weighted by molar-refractivity contribution is 0.0696. The van der Waals surface area contributed by atoms with E-state index < -0.39 is 17.7 Å². The van der Waals surface area contributed by atoms with E-state index in [9.17, 15) is 14.0 Å². The highest BCUT2D eigenvalue weighted by Crippen LogP contribution is 2.16. The number of carbonyl (C=O) groups excluding carboxylic acids is 1. The molecule has 0 unspecified atom stereocenters. The van der Waals surface area contributed by atoms with Crippen LogP contribution in [-0.2, 0) is 0 Å². The van der Waals surface area contributed by atoms with Crippen molar-refractivity contribution < 1.29 is 23.8 Å². The smallest absolute Gasteiger partial charge is 0.335 e. The van der Waals surface area contributed by atoms with Crippen molar-refractivity contribution in [3.63, 3.8) is 0 Å². The van der Waals surface area contributed by atoms with Crippen LogP contribution < -0.4 is 10.2 Å². The fourth-order valence-corrected chi connectivity index (χ4v) is 1.82. The third-order valence-electron chi connectivity index (χ3n) is 2.97. The molecule has 7 heteroatoms. The zero-order valence-corrected chi connectivity index (χ0v) is 12.1. The maximum atomic E-state index is 13.7. The van der Waals surface area contributed by atoms with Crippen LogP contribution in [-0.4, -0.2) is 30.3 Å². The third-order valence-corrected chi connectivity index (χ3v) is 2.97. The number of carboxylic acids is 1. The maximum absolute atomic E-state index is 13.7. The molecule has 0 saturated carbocycles. The summed E-state index contributed by atoms with van der Waals surface area (Å²) in [4.78, 5) is 22.7. The number of ether oxygens (including phenoxy) is 1. The molecule has 0 spiro atoms. The van der Waals surface area contributed by atoms with Gasteiger partial charge in [-0.2, -0.15) is 5.10 Å². The minimum Gasteiger partial charge on any atom is -0.496 e. The molecule has 118 valence electrons. The number of methoxy groups -OCH3 is 1. The molecule has 23 heavy (non-hydrogen) atoms. The number of rotatable bonds is 5. The van der Waals surface area contributed by atoms with Crippen LogP contribution in [0.15, 0.2) is 47.6 Å². The summed E-state index contributed by atoms with van der Waals surface area (Å²) < 4.78 is 18.7. The number of hydrazone groups is 1. The van der Waals surface area contributed by atoms with E-state index in [4.69, 9.17) is 9.84 Å². The Morgan fingerprint density at radius 2 is 2.00 bits per heavy atom. The summed E-state index contributed by atoms with van der Waals surface area (Å²) in [7, 11) is 1.44. The molecule has 2 aromatic carbocycles. The summed E-state index contributed by atoms with van der Waals surface area (Å²) in [5, 5.41) is 12.4. The van der Waals surface area contributed by atoms with E-state index in [-0.39, 0.29) is 16.7 Å². The first-order chi connectivity index (χ1) is 11.0. The summed E-state index contributed by atoms with van der Waals surface area (Å²) in [6.07, 6.45) is 1.09. The fraction of sp³-hybridized carbons (Fsp3) is 0.0625. The Morgan fingerprint density at radius 1 is 1.26 bits per heavy atom. The first-order valence-electron chi connectivity index (χ1n) is 6.52. The zero-order valence-electron chi connectivity index (χ0n) is 12.1. The quantitative estimate of drug-likeness (QED) is 0.654. The SMILES string of the molecule is COc1ccccc1C(=O)NN=Cc1ccc(C(=O)O)cc1F. The van der Waals surface area contributed by atoms with E-state index >= 15 is 0 Å². The van der Waals surface area contributed by atoms with Crippen molar-refractivity contribution in [2.45, 2.75) is 0 Å². The summed E-state index contributed by atoms with van der Waals surface area (Å²) in [5.74, 6) is -2.10. The number of aromatic carboxylic acids is 1. The molecular weight excluding hydrogens is 303 g/mol. The minimum absolute atomic E-state index is 0.0512. The van der Waals surface area contributed by atoms with Gasteiger partial charge in [-0.05, 0) is 30.3 Å². The molecule has 0 aromatic heterocycles. The van der Waals surface area contributed by atoms with Crippen molar-refractivity contribution in [1.29, 1.82) is 0 Å². The number of hydrogen-bond acceptors (Lipinski definition) is 4. The molecule has 0 radical (unpaired) electrons. The van der Waals surface area contributed by atoms with E-state index in [2.05, 4.69) is 10.5 Å². The zero-order chi connectivity index (χ0) is 16.8. The summed E-state index contributed by atoms with van der Waals surface area (Å²) in [6.45, 7) is 0. The van der Waals surface area contributed by atoms with E-state index in [1.54, 1.807) is 24.3 Å². The van der Waals surface area contributed by atoms with Crippen molar-refractivity contribution in [1.82, 2.24) is 5.43 Å². The first kappa shape index (κ1) is 16.2. The van der Waals surface area contributed by atoms with Crippen LogP contribution in [0.2, 0.25) is 0 Å². The molecule has 0 aliphatic rings. The summed E-state index contributed by atoms with van der Waals surface area (Å²) in [6, 6.07) is 9.97. The Hall–Kier alpha value is -3.22. The minimum atomic E-state index is -1.23. The Kier molecular flexibility index (Phi) is 5.03. The van der Waals surface area contributed by atoms with Crippen molar-refractivity contribution in [2.75, 3.05) is 7.11 Å². The van der Waals surface area contributed by atoms with E-state index in [1.807, 2.05) is 0 Å². The van der Waals surface area contributed by atoms with Gasteiger partial charge in [0.05, 0.1) is 24.5 Å². The van der Waals surface area contributed by atoms with Crippen LogP contribution in [0.25, 0.3) is 0 Å². The molecule has 0 fully saturated rings. The van der Waals surface area contributed by atoms with Crippen LogP contribution in [0, 0.1) is 5.82 Å². The second-order valence-electron chi connectivity index (χ2n) is 4.44. The van der Waals surface area contributed by atoms with Gasteiger partial charge < -0.3 is 9.84 Å². The molecule has 0 saturated heterocycles. The van der Waals surface area contributed by atoms with E-state index in [0.29, 0.717) is 5.75 Å². The average molecular weight is 316 g/mol. The van der Waals surface area contributed by atoms with Crippen molar-refractivity contribution in [3.05, 3.63) is 65.0 Å². The van der Waals surface area contributed by atoms with Gasteiger partial charge in [-0.25, -0.2) is 14.6 Å². The number of nitrogens with zero attached hydrogens (tertiary/aromatic N) is 1. The molecule has 0 aliphatic carbocycles. The Labute approximate surface area is 131 Å². The highest BCUT2D eigenvalue weighted by molar-refractivity contribution is 5.97. The Balaban J connectivity index is 2.10. The number of amides is 1. The predicted molar refractivity (Wildman–Crippen MR) is 81.4 cm³/mol. The van der Waals surface area contributed by atoms with Crippen LogP contribution in [0.5, 0.6) is 5.75 Å². The van der Waals surface area contributed by atoms with Gasteiger partial charge in [0.25, 0.3) is 5.91 Å². The number of carbonyl (C=O) groups is 2. The highest BCUT2D eigenvalue weighted by atomic mass is 19.1. The second kappa shape index (κ2) is 7.17. The van der Waals surface area contributed by atoms with Gasteiger partial charge >= 0.3 is 5.97 Å². The summed E-state index contributed by atoms with van der Waals surface area (Å²) in [5.41, 5.74) is 2.42. The van der Waals surface area contributed by atoms with Crippen molar-refractivity contribution >= 4 is 18.1 Å². The Morgan fingerprint density at radius 3 is 2.65 bits per heavy atom. The highest BCUT2D eigenvalue weighted by Gasteiger charge is 2.10. The second-order valence-corrected chi connectivity index (χ2v) is 4.44. The van der Waals surface area contributed by atoms with Crippen molar-refractivity contribution in [2.24, 2.45) is 5.10 Å². The predicted octanol–water partition coefficient (Wildman–Crippen LogP) is 2.30. The molecule has 0 bridgehead atoms. The number of nitrogens with one attached hydrogen (secondary N) is 1. The van der Waals surface area contributed by atoms with Gasteiger partial charge in [0.15, 0.2) is 0 Å². The number of hydrogen-bond donors (Lipinski definition) is 2. The van der Waals surface area contributed by atoms with Gasteiger partial charge in [0, 0.05) is 5.56 Å². The molecule has 0 atom stereocenters. The lowest BCUT2D eigenvalue weighted by Gasteiger charge is -2.06. The Bertz CT molecular complexity index is 774. The molecule has 0 aliphatic heterocycles. The van der Waals surface area contributed by atoms with Crippen LogP contribution >= 0.6 is 0 Å². The molecule has 2 rings (SSSR count). The lowest BCUT2D eigenvalue weighted by atomic mass is 10.1. The molecule has 2 N–H and O–H groups in total. The monoisotopic (exact) mass is 316 g/mol. The number of halogens is 1. The normalized spacial score (nSPS) is 10.5. The van der Waals surface area contributed by atoms with Gasteiger partial charge in [0.2, 0.25) is 0 Å². The topological polar surface area (TPSA) is 88.0 Å². The fourth-order valence-electron chi connectivity index (χ4n) is 1.82. The van der Waals surface area contributed by atoms with Gasteiger partial charge in [0.1, 0.15) is 11.6 Å². The van der Waals surface area contributed by atoms with E-state index in [1.165, 1.54) is 19.2 Å². The van der Waals surface area contributed by atoms with Crippen molar-refractivity contribution in [3.8, 4) is 5.75 Å². The summed E-state index contributed by atoms with van der Waals surface area (Å²) >= 11 is 0. The lowest BCUT2D eigenvalue weighted by Crippen LogP contribution is -2.18. The number of para-hydroxylation sites is 1. The molecule has 2 aromatic rings. The average Bonchev–Trinajstić information content (AvgIpc) is 2.55. The third kappa shape index (κ3) is 3.91. The van der Waals surface area contributed by atoms with Gasteiger partial charge in [-0.1, -0.05) is 12.1 Å². The number of benzene rings is 2. The standard InChI is InChI=1S/C16H13FN2O4/c1-23-14-5-3-2-4-12(14)15(20)19-18-9-11-7-6-10(16(21)22)8-13(11)17/h2-9H,1H3,(H,19,20)(H,21,22). The largest absolute Gasteiger partial charge is 0.496 e. The molecule has 6 nitrogen and oxygen atoms in total. The van der Waals surface area contributed by atoms with Crippen LogP contribution in [0.1, 0.15) is 26.3 Å². The number of carboxylic acid groups (broad SMARTS) is 1. The molecular formula is C16H13FN2O4. The van der Waals surface area contributed by atoms with Crippen LogP contribution in [0.4, 0.5) is 4.39 Å². The van der Waals surface area contributed by atoms with Crippen LogP contribution in [0.3, 0.4) is 0 Å². The first-order valence-corrected chi connectivity index (χ1v) is 6.52. The van der Waals surface area contributed by atoms with E-state index in [0.717, 1.165) is 12.3 Å².